The second-order valence-corrected chi connectivity index (χ2v) is 7.66. The zero-order valence-electron chi connectivity index (χ0n) is 17.8. The number of benzene rings is 3. The number of ether oxygens (including phenoxy) is 1. The van der Waals surface area contributed by atoms with Crippen molar-refractivity contribution in [2.45, 2.75) is 6.54 Å². The standard InChI is InChI=1S/C24H20Cl2N4O4/c25-19-7-4-8-20(22(19)26)29-21(31)15-34-18-11-9-17(10-12-18)14-28-30-24(33)23(32)27-13-16-5-2-1-3-6-16/h1-12,14H,13,15H2,(H,27,32)(H,29,31)(H,30,33)/b28-14-. The summed E-state index contributed by atoms with van der Waals surface area (Å²) in [6.07, 6.45) is 1.38. The topological polar surface area (TPSA) is 109 Å². The van der Waals surface area contributed by atoms with Crippen LogP contribution < -0.4 is 20.8 Å². The molecule has 0 bridgehead atoms. The lowest BCUT2D eigenvalue weighted by molar-refractivity contribution is -0.139. The normalized spacial score (nSPS) is 10.5. The molecule has 0 saturated heterocycles. The molecule has 0 radical (unpaired) electrons. The van der Waals surface area contributed by atoms with Crippen molar-refractivity contribution in [3.63, 3.8) is 0 Å². The highest BCUT2D eigenvalue weighted by molar-refractivity contribution is 6.44. The van der Waals surface area contributed by atoms with E-state index in [-0.39, 0.29) is 18.2 Å². The molecule has 0 aliphatic rings. The number of hydrazone groups is 1. The zero-order valence-corrected chi connectivity index (χ0v) is 19.3. The fourth-order valence-electron chi connectivity index (χ4n) is 2.66. The van der Waals surface area contributed by atoms with Gasteiger partial charge < -0.3 is 15.4 Å². The monoisotopic (exact) mass is 498 g/mol. The van der Waals surface area contributed by atoms with E-state index in [0.717, 1.165) is 5.56 Å². The molecular formula is C24H20Cl2N4O4. The van der Waals surface area contributed by atoms with E-state index in [0.29, 0.717) is 22.0 Å². The van der Waals surface area contributed by atoms with Gasteiger partial charge in [-0.1, -0.05) is 59.6 Å². The van der Waals surface area contributed by atoms with Gasteiger partial charge in [0.1, 0.15) is 5.75 Å². The van der Waals surface area contributed by atoms with Crippen LogP contribution in [0, 0.1) is 0 Å². The Labute approximate surface area is 205 Å². The minimum atomic E-state index is -0.877. The van der Waals surface area contributed by atoms with Gasteiger partial charge in [0, 0.05) is 6.54 Å². The largest absolute Gasteiger partial charge is 0.484 e. The van der Waals surface area contributed by atoms with E-state index >= 15 is 0 Å². The molecule has 0 saturated carbocycles. The van der Waals surface area contributed by atoms with Crippen LogP contribution in [0.2, 0.25) is 10.0 Å². The lowest BCUT2D eigenvalue weighted by Crippen LogP contribution is -2.37. The van der Waals surface area contributed by atoms with Crippen molar-refractivity contribution in [2.75, 3.05) is 11.9 Å². The smallest absolute Gasteiger partial charge is 0.329 e. The summed E-state index contributed by atoms with van der Waals surface area (Å²) < 4.78 is 5.45. The van der Waals surface area contributed by atoms with Crippen LogP contribution in [0.4, 0.5) is 5.69 Å². The third-order valence-electron chi connectivity index (χ3n) is 4.36. The number of nitrogens with one attached hydrogen (secondary N) is 3. The van der Waals surface area contributed by atoms with Crippen LogP contribution in [0.25, 0.3) is 0 Å². The summed E-state index contributed by atoms with van der Waals surface area (Å²) in [6.45, 7) is 0.00680. The Morgan fingerprint density at radius 3 is 2.35 bits per heavy atom. The lowest BCUT2D eigenvalue weighted by atomic mass is 10.2. The maximum atomic E-state index is 12.1. The maximum absolute atomic E-state index is 12.1. The molecule has 0 fully saturated rings. The Balaban J connectivity index is 1.41. The van der Waals surface area contributed by atoms with Crippen LogP contribution in [0.3, 0.4) is 0 Å². The summed E-state index contributed by atoms with van der Waals surface area (Å²) in [7, 11) is 0. The van der Waals surface area contributed by atoms with Gasteiger partial charge in [0.15, 0.2) is 6.61 Å². The third kappa shape index (κ3) is 7.61. The molecule has 0 aliphatic carbocycles. The molecule has 0 spiro atoms. The number of anilines is 1. The molecule has 0 aromatic heterocycles. The average Bonchev–Trinajstić information content (AvgIpc) is 2.85. The number of halogens is 2. The molecule has 3 N–H and O–H groups in total. The van der Waals surface area contributed by atoms with Crippen molar-refractivity contribution in [2.24, 2.45) is 5.10 Å². The van der Waals surface area contributed by atoms with Gasteiger partial charge in [0.25, 0.3) is 5.91 Å². The number of nitrogens with zero attached hydrogens (tertiary/aromatic N) is 1. The Kier molecular flexibility index (Phi) is 9.02. The minimum Gasteiger partial charge on any atom is -0.484 e. The van der Waals surface area contributed by atoms with Gasteiger partial charge in [-0.2, -0.15) is 5.10 Å². The van der Waals surface area contributed by atoms with Gasteiger partial charge in [0.05, 0.1) is 21.9 Å². The van der Waals surface area contributed by atoms with E-state index in [1.54, 1.807) is 42.5 Å². The van der Waals surface area contributed by atoms with Gasteiger partial charge in [-0.25, -0.2) is 5.43 Å². The summed E-state index contributed by atoms with van der Waals surface area (Å²) in [5.41, 5.74) is 4.08. The van der Waals surface area contributed by atoms with Crippen molar-refractivity contribution in [3.8, 4) is 5.75 Å². The van der Waals surface area contributed by atoms with Crippen molar-refractivity contribution < 1.29 is 19.1 Å². The molecular weight excluding hydrogens is 479 g/mol. The Morgan fingerprint density at radius 2 is 1.62 bits per heavy atom. The quantitative estimate of drug-likeness (QED) is 0.249. The zero-order chi connectivity index (χ0) is 24.3. The van der Waals surface area contributed by atoms with Crippen LogP contribution in [0.5, 0.6) is 5.75 Å². The SMILES string of the molecule is O=C(COc1ccc(/C=N\NC(=O)C(=O)NCc2ccccc2)cc1)Nc1cccc(Cl)c1Cl. The first-order valence-electron chi connectivity index (χ1n) is 10.0. The number of carbonyl (C=O) groups excluding carboxylic acids is 3. The first-order chi connectivity index (χ1) is 16.4. The fraction of sp³-hybridized carbons (Fsp3) is 0.0833. The van der Waals surface area contributed by atoms with E-state index in [1.807, 2.05) is 30.3 Å². The minimum absolute atomic E-state index is 0.232. The van der Waals surface area contributed by atoms with Crippen molar-refractivity contribution >= 4 is 52.8 Å². The molecule has 0 unspecified atom stereocenters. The number of rotatable bonds is 8. The second kappa shape index (κ2) is 12.4. The van der Waals surface area contributed by atoms with Gasteiger partial charge >= 0.3 is 11.8 Å². The maximum Gasteiger partial charge on any atom is 0.329 e. The molecule has 174 valence electrons. The molecule has 0 heterocycles. The predicted octanol–water partition coefficient (Wildman–Crippen LogP) is 3.78. The van der Waals surface area contributed by atoms with Crippen molar-refractivity contribution in [1.82, 2.24) is 10.7 Å². The summed E-state index contributed by atoms with van der Waals surface area (Å²) >= 11 is 12.0. The van der Waals surface area contributed by atoms with Crippen LogP contribution in [0.15, 0.2) is 77.9 Å². The van der Waals surface area contributed by atoms with E-state index in [9.17, 15) is 14.4 Å². The van der Waals surface area contributed by atoms with Crippen molar-refractivity contribution in [1.29, 1.82) is 0 Å². The van der Waals surface area contributed by atoms with E-state index in [4.69, 9.17) is 27.9 Å². The van der Waals surface area contributed by atoms with E-state index in [1.165, 1.54) is 6.21 Å². The summed E-state index contributed by atoms with van der Waals surface area (Å²) in [5, 5.41) is 9.49. The summed E-state index contributed by atoms with van der Waals surface area (Å²) in [6, 6.07) is 20.8. The van der Waals surface area contributed by atoms with Gasteiger partial charge in [-0.15, -0.1) is 0 Å². The average molecular weight is 499 g/mol. The molecule has 3 aromatic carbocycles. The molecule has 3 rings (SSSR count). The summed E-state index contributed by atoms with van der Waals surface area (Å²) in [4.78, 5) is 35.7. The van der Waals surface area contributed by atoms with E-state index in [2.05, 4.69) is 21.2 Å². The Morgan fingerprint density at radius 1 is 0.882 bits per heavy atom. The predicted molar refractivity (Wildman–Crippen MR) is 131 cm³/mol. The Bertz CT molecular complexity index is 1190. The summed E-state index contributed by atoms with van der Waals surface area (Å²) in [5.74, 6) is -1.61. The highest BCUT2D eigenvalue weighted by Gasteiger charge is 2.12. The number of hydrogen-bond donors (Lipinski definition) is 3. The molecule has 34 heavy (non-hydrogen) atoms. The molecule has 0 aliphatic heterocycles. The third-order valence-corrected chi connectivity index (χ3v) is 5.18. The van der Waals surface area contributed by atoms with Crippen molar-refractivity contribution in [3.05, 3.63) is 94.0 Å². The van der Waals surface area contributed by atoms with Crippen LogP contribution in [-0.4, -0.2) is 30.5 Å². The number of carbonyl (C=O) groups is 3. The molecule has 10 heteroatoms. The number of amides is 3. The van der Waals surface area contributed by atoms with Gasteiger partial charge in [-0.05, 0) is 47.5 Å². The van der Waals surface area contributed by atoms with Crippen LogP contribution >= 0.6 is 23.2 Å². The van der Waals surface area contributed by atoms with E-state index < -0.39 is 17.7 Å². The second-order valence-electron chi connectivity index (χ2n) is 6.87. The molecule has 0 atom stereocenters. The Hall–Kier alpha value is -3.88. The first-order valence-corrected chi connectivity index (χ1v) is 10.8. The van der Waals surface area contributed by atoms with Gasteiger partial charge in [-0.3, -0.25) is 14.4 Å². The molecule has 3 aromatic rings. The van der Waals surface area contributed by atoms with Crippen LogP contribution in [-0.2, 0) is 20.9 Å². The highest BCUT2D eigenvalue weighted by Crippen LogP contribution is 2.29. The fourth-order valence-corrected chi connectivity index (χ4v) is 3.01. The first kappa shape index (κ1) is 24.8. The molecule has 8 nitrogen and oxygen atoms in total. The lowest BCUT2D eigenvalue weighted by Gasteiger charge is -2.09. The van der Waals surface area contributed by atoms with Gasteiger partial charge in [0.2, 0.25) is 0 Å². The molecule has 3 amide bonds. The highest BCUT2D eigenvalue weighted by atomic mass is 35.5. The van der Waals surface area contributed by atoms with Crippen LogP contribution in [0.1, 0.15) is 11.1 Å². The number of hydrogen-bond acceptors (Lipinski definition) is 5.